The van der Waals surface area contributed by atoms with Gasteiger partial charge in [-0.2, -0.15) is 26.3 Å². The van der Waals surface area contributed by atoms with E-state index in [2.05, 4.69) is 10.6 Å². The molecule has 0 spiro atoms. The number of alkyl halides is 6. The first-order valence-corrected chi connectivity index (χ1v) is 10.1. The molecule has 2 aromatic carbocycles. The number of amides is 2. The summed E-state index contributed by atoms with van der Waals surface area (Å²) in [6.07, 6.45) is -10.3. The third kappa shape index (κ3) is 4.79. The number of benzene rings is 2. The first-order chi connectivity index (χ1) is 14.6. The second-order valence-corrected chi connectivity index (χ2v) is 8.49. The normalized spacial score (nSPS) is 17.2. The summed E-state index contributed by atoms with van der Waals surface area (Å²) in [5.41, 5.74) is -4.42. The van der Waals surface area contributed by atoms with Crippen LogP contribution in [-0.4, -0.2) is 20.2 Å². The molecule has 0 saturated heterocycles. The number of fused-ring (bicyclic) bond motifs is 1. The Bertz CT molecular complexity index is 1180. The van der Waals surface area contributed by atoms with Gasteiger partial charge in [0.2, 0.25) is 11.8 Å². The molecule has 0 bridgehead atoms. The van der Waals surface area contributed by atoms with E-state index in [0.29, 0.717) is 0 Å². The van der Waals surface area contributed by atoms with Crippen molar-refractivity contribution in [3.8, 4) is 0 Å². The molecule has 2 aromatic rings. The van der Waals surface area contributed by atoms with Crippen LogP contribution in [0.3, 0.4) is 0 Å². The number of halogens is 6. The van der Waals surface area contributed by atoms with E-state index in [-0.39, 0.29) is 29.6 Å². The fourth-order valence-corrected chi connectivity index (χ4v) is 3.80. The Morgan fingerprint density at radius 1 is 0.812 bits per heavy atom. The summed E-state index contributed by atoms with van der Waals surface area (Å²) in [5.74, 6) is -2.48. The predicted octanol–water partition coefficient (Wildman–Crippen LogP) is 4.05. The minimum absolute atomic E-state index is 0.0603. The van der Waals surface area contributed by atoms with Crippen LogP contribution in [0.4, 0.5) is 43.4 Å². The van der Waals surface area contributed by atoms with Gasteiger partial charge in [0.15, 0.2) is 0 Å². The Hall–Kier alpha value is -3.29. The Labute approximate surface area is 176 Å². The van der Waals surface area contributed by atoms with Crippen LogP contribution in [0.2, 0.25) is 0 Å². The number of anilines is 3. The summed E-state index contributed by atoms with van der Waals surface area (Å²) in [6, 6.07) is 3.29. The largest absolute Gasteiger partial charge is 0.416 e. The highest BCUT2D eigenvalue weighted by molar-refractivity contribution is 7.92. The van der Waals surface area contributed by atoms with Crippen molar-refractivity contribution in [2.24, 2.45) is 5.92 Å². The molecule has 1 atom stereocenters. The first-order valence-electron chi connectivity index (χ1n) is 8.66. The summed E-state index contributed by atoms with van der Waals surface area (Å²) < 4.78 is 105. The number of rotatable bonds is 3. The Morgan fingerprint density at radius 2 is 1.31 bits per heavy atom. The predicted molar refractivity (Wildman–Crippen MR) is 100 cm³/mol. The van der Waals surface area contributed by atoms with Crippen LogP contribution in [0, 0.1) is 5.92 Å². The Kier molecular flexibility index (Phi) is 5.62. The number of hydrogen-bond acceptors (Lipinski definition) is 4. The number of carbonyl (C=O) groups excluding carboxylic acids is 2. The van der Waals surface area contributed by atoms with Gasteiger partial charge in [-0.1, -0.05) is 0 Å². The van der Waals surface area contributed by atoms with Crippen LogP contribution in [0.5, 0.6) is 0 Å². The van der Waals surface area contributed by atoms with E-state index in [9.17, 15) is 44.3 Å². The van der Waals surface area contributed by atoms with Crippen molar-refractivity contribution < 1.29 is 44.3 Å². The lowest BCUT2D eigenvalue weighted by molar-refractivity contribution is -0.143. The molecule has 32 heavy (non-hydrogen) atoms. The molecule has 0 saturated carbocycles. The monoisotopic (exact) mass is 481 g/mol. The quantitative estimate of drug-likeness (QED) is 0.455. The molecule has 14 heteroatoms. The lowest BCUT2D eigenvalue weighted by Gasteiger charge is -2.16. The second-order valence-electron chi connectivity index (χ2n) is 6.81. The van der Waals surface area contributed by atoms with Crippen molar-refractivity contribution >= 4 is 38.9 Å². The van der Waals surface area contributed by atoms with Crippen molar-refractivity contribution in [3.63, 3.8) is 0 Å². The van der Waals surface area contributed by atoms with Crippen LogP contribution in [0.25, 0.3) is 0 Å². The maximum Gasteiger partial charge on any atom is 0.416 e. The van der Waals surface area contributed by atoms with Gasteiger partial charge in [0.05, 0.1) is 33.1 Å². The van der Waals surface area contributed by atoms with Crippen molar-refractivity contribution in [2.75, 3.05) is 15.4 Å². The fourth-order valence-electron chi connectivity index (χ4n) is 2.73. The maximum atomic E-state index is 13.0. The van der Waals surface area contributed by atoms with Crippen LogP contribution in [-0.2, 0) is 32.0 Å². The molecule has 1 aliphatic heterocycles. The summed E-state index contributed by atoms with van der Waals surface area (Å²) in [7, 11) is -4.68. The van der Waals surface area contributed by atoms with Gasteiger partial charge in [-0.15, -0.1) is 0 Å². The van der Waals surface area contributed by atoms with Crippen molar-refractivity contribution in [2.45, 2.75) is 24.2 Å². The van der Waals surface area contributed by atoms with Crippen molar-refractivity contribution in [3.05, 3.63) is 47.5 Å². The lowest BCUT2D eigenvalue weighted by Crippen LogP contribution is -2.28. The van der Waals surface area contributed by atoms with E-state index in [1.165, 1.54) is 6.92 Å². The fraction of sp³-hybridized carbons (Fsp3) is 0.222. The smallest absolute Gasteiger partial charge is 0.324 e. The van der Waals surface area contributed by atoms with Gasteiger partial charge in [-0.05, 0) is 43.3 Å². The van der Waals surface area contributed by atoms with Gasteiger partial charge < -0.3 is 10.6 Å². The molecule has 3 rings (SSSR count). The van der Waals surface area contributed by atoms with E-state index >= 15 is 0 Å². The zero-order valence-electron chi connectivity index (χ0n) is 15.9. The van der Waals surface area contributed by atoms with Crippen LogP contribution < -0.4 is 15.4 Å². The molecule has 1 unspecified atom stereocenters. The van der Waals surface area contributed by atoms with Gasteiger partial charge in [-0.25, -0.2) is 8.42 Å². The molecule has 2 amide bonds. The summed E-state index contributed by atoms with van der Waals surface area (Å²) in [4.78, 5) is 23.2. The number of hydrogen-bond donors (Lipinski definition) is 3. The molecule has 0 fully saturated rings. The average Bonchev–Trinajstić information content (AvgIpc) is 2.76. The molecule has 0 radical (unpaired) electrons. The SMILES string of the molecule is CC1C(=O)Nc2ccc(S(=O)(=O)Nc3cc(C(F)(F)F)cc(C(F)(F)F)c3)cc2NC1=O. The van der Waals surface area contributed by atoms with Gasteiger partial charge >= 0.3 is 12.4 Å². The summed E-state index contributed by atoms with van der Waals surface area (Å²) >= 11 is 0. The lowest BCUT2D eigenvalue weighted by atomic mass is 10.1. The molecule has 1 heterocycles. The minimum atomic E-state index is -5.16. The van der Waals surface area contributed by atoms with E-state index in [1.807, 2.05) is 0 Å². The zero-order chi connectivity index (χ0) is 24.1. The topological polar surface area (TPSA) is 104 Å². The highest BCUT2D eigenvalue weighted by atomic mass is 32.2. The van der Waals surface area contributed by atoms with Gasteiger partial charge in [0.25, 0.3) is 10.0 Å². The van der Waals surface area contributed by atoms with E-state index < -0.39 is 61.8 Å². The van der Waals surface area contributed by atoms with Crippen molar-refractivity contribution in [1.29, 1.82) is 0 Å². The molecular weight excluding hydrogens is 468 g/mol. The van der Waals surface area contributed by atoms with Gasteiger partial charge in [0.1, 0.15) is 5.92 Å². The average molecular weight is 481 g/mol. The Balaban J connectivity index is 2.01. The van der Waals surface area contributed by atoms with Crippen LogP contribution in [0.1, 0.15) is 18.1 Å². The van der Waals surface area contributed by atoms with E-state index in [0.717, 1.165) is 18.2 Å². The number of sulfonamides is 1. The maximum absolute atomic E-state index is 13.0. The van der Waals surface area contributed by atoms with Crippen LogP contribution in [0.15, 0.2) is 41.3 Å². The molecule has 0 aromatic heterocycles. The molecule has 0 aliphatic carbocycles. The standard InChI is InChI=1S/C18H13F6N3O4S/c1-8-15(28)25-13-3-2-12(7-14(13)26-16(8)29)32(30,31)27-11-5-9(17(19,20)21)4-10(6-11)18(22,23)24/h2-8,27H,1H3,(H,25,28)(H,26,29). The molecule has 1 aliphatic rings. The van der Waals surface area contributed by atoms with Gasteiger partial charge in [0, 0.05) is 0 Å². The molecule has 172 valence electrons. The highest BCUT2D eigenvalue weighted by Gasteiger charge is 2.37. The third-order valence-corrected chi connectivity index (χ3v) is 5.82. The summed E-state index contributed by atoms with van der Waals surface area (Å²) in [6.45, 7) is 1.31. The number of nitrogens with one attached hydrogen (secondary N) is 3. The van der Waals surface area contributed by atoms with Gasteiger partial charge in [-0.3, -0.25) is 14.3 Å². The molecular formula is C18H13F6N3O4S. The number of carbonyl (C=O) groups is 2. The second kappa shape index (κ2) is 7.69. The van der Waals surface area contributed by atoms with Crippen LogP contribution >= 0.6 is 0 Å². The highest BCUT2D eigenvalue weighted by Crippen LogP contribution is 2.38. The molecule has 7 nitrogen and oxygen atoms in total. The summed E-state index contributed by atoms with van der Waals surface area (Å²) in [5, 5.41) is 4.72. The first kappa shape index (κ1) is 23.4. The Morgan fingerprint density at radius 3 is 1.81 bits per heavy atom. The zero-order valence-corrected chi connectivity index (χ0v) is 16.7. The van der Waals surface area contributed by atoms with Crippen molar-refractivity contribution in [1.82, 2.24) is 0 Å². The van der Waals surface area contributed by atoms with E-state index in [1.54, 1.807) is 4.72 Å². The minimum Gasteiger partial charge on any atom is -0.324 e. The third-order valence-electron chi connectivity index (χ3n) is 4.44. The van der Waals surface area contributed by atoms with E-state index in [4.69, 9.17) is 0 Å². The molecule has 3 N–H and O–H groups in total.